The zero-order valence-corrected chi connectivity index (χ0v) is 16.8. The number of carbonyl (C=O) groups excluding carboxylic acids is 3. The van der Waals surface area contributed by atoms with E-state index in [-0.39, 0.29) is 17.6 Å². The number of imide groups is 1. The molecule has 2 saturated heterocycles. The van der Waals surface area contributed by atoms with E-state index in [4.69, 9.17) is 0 Å². The molecule has 152 valence electrons. The van der Waals surface area contributed by atoms with Crippen LogP contribution in [-0.4, -0.2) is 34.9 Å². The van der Waals surface area contributed by atoms with Crippen LogP contribution in [0.15, 0.2) is 71.8 Å². The highest BCUT2D eigenvalue weighted by atomic mass is 16.2. The number of rotatable bonds is 2. The van der Waals surface area contributed by atoms with Gasteiger partial charge in [0.2, 0.25) is 11.8 Å². The Labute approximate surface area is 178 Å². The van der Waals surface area contributed by atoms with Crippen LogP contribution in [-0.2, 0) is 14.4 Å². The van der Waals surface area contributed by atoms with E-state index in [9.17, 15) is 14.4 Å². The molecule has 0 aromatic heterocycles. The van der Waals surface area contributed by atoms with Crippen LogP contribution >= 0.6 is 0 Å². The molecular weight excluding hydrogens is 390 g/mol. The van der Waals surface area contributed by atoms with Crippen molar-refractivity contribution in [2.75, 3.05) is 4.90 Å². The lowest BCUT2D eigenvalue weighted by Crippen LogP contribution is -2.43. The Balaban J connectivity index is 1.49. The van der Waals surface area contributed by atoms with Crippen molar-refractivity contribution in [3.05, 3.63) is 77.9 Å². The number of carbonyl (C=O) groups is 3. The minimum absolute atomic E-state index is 0.157. The number of hydrogen-bond acceptors (Lipinski definition) is 5. The molecule has 6 rings (SSSR count). The summed E-state index contributed by atoms with van der Waals surface area (Å²) in [4.78, 5) is 41.2. The average Bonchev–Trinajstić information content (AvgIpc) is 3.26. The molecule has 0 saturated carbocycles. The van der Waals surface area contributed by atoms with Gasteiger partial charge in [-0.1, -0.05) is 54.6 Å². The minimum atomic E-state index is -0.749. The second kappa shape index (κ2) is 6.35. The molecule has 3 heterocycles. The fraction of sp³-hybridized carbons (Fsp3) is 0.200. The van der Waals surface area contributed by atoms with Gasteiger partial charge in [0, 0.05) is 0 Å². The van der Waals surface area contributed by atoms with Crippen LogP contribution in [0.2, 0.25) is 0 Å². The molecule has 2 amide bonds. The van der Waals surface area contributed by atoms with E-state index in [1.165, 1.54) is 11.8 Å². The number of hydrogen-bond donors (Lipinski definition) is 0. The summed E-state index contributed by atoms with van der Waals surface area (Å²) in [6, 6.07) is 19.9. The maximum absolute atomic E-state index is 13.7. The molecule has 3 aliphatic rings. The maximum Gasteiger partial charge on any atom is 0.240 e. The van der Waals surface area contributed by atoms with Crippen LogP contribution in [0.5, 0.6) is 0 Å². The minimum Gasteiger partial charge on any atom is -0.298 e. The second-order valence-electron chi connectivity index (χ2n) is 8.35. The summed E-state index contributed by atoms with van der Waals surface area (Å²) in [6.07, 6.45) is 1.71. The fourth-order valence-corrected chi connectivity index (χ4v) is 5.39. The molecule has 3 aromatic carbocycles. The van der Waals surface area contributed by atoms with E-state index in [2.05, 4.69) is 5.10 Å². The summed E-state index contributed by atoms with van der Waals surface area (Å²) in [5.41, 5.74) is 2.39. The summed E-state index contributed by atoms with van der Waals surface area (Å²) < 4.78 is 0. The topological polar surface area (TPSA) is 70.0 Å². The Morgan fingerprint density at radius 1 is 0.871 bits per heavy atom. The zero-order valence-electron chi connectivity index (χ0n) is 16.8. The van der Waals surface area contributed by atoms with Gasteiger partial charge in [0.15, 0.2) is 5.78 Å². The lowest BCUT2D eigenvalue weighted by atomic mass is 9.84. The van der Waals surface area contributed by atoms with Gasteiger partial charge in [0.05, 0.1) is 29.8 Å². The predicted octanol–water partition coefficient (Wildman–Crippen LogP) is 3.31. The first kappa shape index (κ1) is 18.0. The quantitative estimate of drug-likeness (QED) is 0.609. The molecule has 4 unspecified atom stereocenters. The number of ketones is 1. The maximum atomic E-state index is 13.7. The van der Waals surface area contributed by atoms with Gasteiger partial charge in [-0.05, 0) is 41.0 Å². The lowest BCUT2D eigenvalue weighted by molar-refractivity contribution is -0.129. The van der Waals surface area contributed by atoms with Crippen LogP contribution in [0.3, 0.4) is 0 Å². The Bertz CT molecular complexity index is 1310. The Kier molecular flexibility index (Phi) is 3.69. The Morgan fingerprint density at radius 2 is 1.58 bits per heavy atom. The zero-order chi connectivity index (χ0) is 21.3. The van der Waals surface area contributed by atoms with Gasteiger partial charge in [-0.15, -0.1) is 0 Å². The molecule has 3 aliphatic heterocycles. The van der Waals surface area contributed by atoms with Gasteiger partial charge < -0.3 is 0 Å². The summed E-state index contributed by atoms with van der Waals surface area (Å²) >= 11 is 0. The van der Waals surface area contributed by atoms with E-state index < -0.39 is 23.9 Å². The van der Waals surface area contributed by atoms with Gasteiger partial charge in [-0.25, -0.2) is 4.90 Å². The Hall–Kier alpha value is -3.80. The first-order valence-electron chi connectivity index (χ1n) is 10.3. The predicted molar refractivity (Wildman–Crippen MR) is 117 cm³/mol. The van der Waals surface area contributed by atoms with Gasteiger partial charge in [-0.3, -0.25) is 19.4 Å². The van der Waals surface area contributed by atoms with Gasteiger partial charge in [0.1, 0.15) is 6.04 Å². The van der Waals surface area contributed by atoms with E-state index in [0.29, 0.717) is 5.69 Å². The number of benzene rings is 3. The fourth-order valence-electron chi connectivity index (χ4n) is 5.39. The second-order valence-corrected chi connectivity index (χ2v) is 8.35. The SMILES string of the molecule is CC(=O)C1C2C(=O)N(c3ccc4ccccc4c3)C(=O)C2C2c3ccccc3C=NN12. The molecule has 3 aromatic rings. The van der Waals surface area contributed by atoms with Crippen LogP contribution in [0.4, 0.5) is 5.69 Å². The number of Topliss-reactive ketones (excluding diaryl/α,β-unsaturated/α-hetero) is 1. The standard InChI is InChI=1S/C25H19N3O3/c1-14(29)22-20-21(23-19-9-5-4-8-17(19)13-26-28(22)23)25(31)27(24(20)30)18-11-10-15-6-2-3-7-16(15)12-18/h2-13,20-23H,1H3. The molecule has 4 atom stereocenters. The Morgan fingerprint density at radius 3 is 2.39 bits per heavy atom. The van der Waals surface area contributed by atoms with E-state index in [1.807, 2.05) is 60.7 Å². The van der Waals surface area contributed by atoms with Crippen LogP contribution in [0.1, 0.15) is 24.1 Å². The third kappa shape index (κ3) is 2.39. The van der Waals surface area contributed by atoms with Gasteiger partial charge >= 0.3 is 0 Å². The summed E-state index contributed by atoms with van der Waals surface area (Å²) in [5, 5.41) is 8.15. The number of nitrogens with zero attached hydrogens (tertiary/aromatic N) is 3. The molecule has 6 nitrogen and oxygen atoms in total. The van der Waals surface area contributed by atoms with E-state index >= 15 is 0 Å². The molecule has 0 aliphatic carbocycles. The highest BCUT2D eigenvalue weighted by Gasteiger charge is 2.64. The van der Waals surface area contributed by atoms with Crippen LogP contribution < -0.4 is 4.90 Å². The van der Waals surface area contributed by atoms with Crippen molar-refractivity contribution >= 4 is 40.3 Å². The van der Waals surface area contributed by atoms with Crippen molar-refractivity contribution in [3.63, 3.8) is 0 Å². The number of anilines is 1. The molecular formula is C25H19N3O3. The van der Waals surface area contributed by atoms with Crippen molar-refractivity contribution in [1.82, 2.24) is 5.01 Å². The molecule has 6 heteroatoms. The van der Waals surface area contributed by atoms with Crippen LogP contribution in [0.25, 0.3) is 10.8 Å². The molecule has 31 heavy (non-hydrogen) atoms. The van der Waals surface area contributed by atoms with Gasteiger partial charge in [-0.2, -0.15) is 5.10 Å². The molecule has 0 N–H and O–H groups in total. The highest BCUT2D eigenvalue weighted by Crippen LogP contribution is 2.52. The van der Waals surface area contributed by atoms with Gasteiger partial charge in [0.25, 0.3) is 0 Å². The smallest absolute Gasteiger partial charge is 0.240 e. The largest absolute Gasteiger partial charge is 0.298 e. The normalized spacial score (nSPS) is 26.2. The molecule has 0 spiro atoms. The molecule has 0 bridgehead atoms. The molecule has 2 fully saturated rings. The first-order valence-corrected chi connectivity index (χ1v) is 10.3. The van der Waals surface area contributed by atoms with Crippen molar-refractivity contribution in [2.24, 2.45) is 16.9 Å². The highest BCUT2D eigenvalue weighted by molar-refractivity contribution is 6.24. The number of hydrazone groups is 1. The summed E-state index contributed by atoms with van der Waals surface area (Å²) in [6.45, 7) is 1.47. The van der Waals surface area contributed by atoms with E-state index in [1.54, 1.807) is 17.3 Å². The van der Waals surface area contributed by atoms with Crippen molar-refractivity contribution in [3.8, 4) is 0 Å². The van der Waals surface area contributed by atoms with Crippen molar-refractivity contribution in [2.45, 2.75) is 19.0 Å². The number of amides is 2. The van der Waals surface area contributed by atoms with E-state index in [0.717, 1.165) is 21.9 Å². The van der Waals surface area contributed by atoms with Crippen LogP contribution in [0, 0.1) is 11.8 Å². The third-order valence-corrected chi connectivity index (χ3v) is 6.70. The molecule has 0 radical (unpaired) electrons. The number of fused-ring (bicyclic) bond motifs is 6. The summed E-state index contributed by atoms with van der Waals surface area (Å²) in [5.74, 6) is -2.14. The first-order chi connectivity index (χ1) is 15.1. The average molecular weight is 409 g/mol. The summed E-state index contributed by atoms with van der Waals surface area (Å²) in [7, 11) is 0. The van der Waals surface area contributed by atoms with Crippen molar-refractivity contribution in [1.29, 1.82) is 0 Å². The third-order valence-electron chi connectivity index (χ3n) is 6.70. The monoisotopic (exact) mass is 409 g/mol. The lowest BCUT2D eigenvalue weighted by Gasteiger charge is -2.33. The van der Waals surface area contributed by atoms with Crippen molar-refractivity contribution < 1.29 is 14.4 Å².